The first kappa shape index (κ1) is 14.5. The Labute approximate surface area is 120 Å². The van der Waals surface area contributed by atoms with Crippen LogP contribution < -0.4 is 5.73 Å². The molecule has 2 aliphatic rings. The topological polar surface area (TPSA) is 58.8 Å². The molecular formula is C13H23N3O2S. The molecule has 1 saturated heterocycles. The molecule has 1 unspecified atom stereocenters. The summed E-state index contributed by atoms with van der Waals surface area (Å²) in [6, 6.07) is 0.455. The fraction of sp³-hybridized carbons (Fsp3) is 0.846. The summed E-state index contributed by atoms with van der Waals surface area (Å²) in [5, 5.41) is 0. The largest absolute Gasteiger partial charge is 0.444 e. The zero-order valence-electron chi connectivity index (χ0n) is 11.9. The van der Waals surface area contributed by atoms with Crippen LogP contribution in [-0.2, 0) is 4.74 Å². The molecule has 2 rings (SSSR count). The molecule has 19 heavy (non-hydrogen) atoms. The van der Waals surface area contributed by atoms with Crippen molar-refractivity contribution in [3.05, 3.63) is 0 Å². The third-order valence-electron chi connectivity index (χ3n) is 3.43. The highest BCUT2D eigenvalue weighted by atomic mass is 32.1. The predicted octanol–water partition coefficient (Wildman–Crippen LogP) is 1.36. The van der Waals surface area contributed by atoms with Crippen LogP contribution in [0, 0.1) is 0 Å². The molecule has 5 nitrogen and oxygen atoms in total. The van der Waals surface area contributed by atoms with Crippen molar-refractivity contribution in [1.82, 2.24) is 9.80 Å². The van der Waals surface area contributed by atoms with Gasteiger partial charge in [0.25, 0.3) is 0 Å². The van der Waals surface area contributed by atoms with E-state index in [4.69, 9.17) is 22.7 Å². The number of hydrogen-bond acceptors (Lipinski definition) is 4. The lowest BCUT2D eigenvalue weighted by Crippen LogP contribution is -2.60. The van der Waals surface area contributed by atoms with Gasteiger partial charge in [-0.25, -0.2) is 4.79 Å². The van der Waals surface area contributed by atoms with Gasteiger partial charge in [-0.1, -0.05) is 12.2 Å². The van der Waals surface area contributed by atoms with Crippen molar-refractivity contribution in [3.63, 3.8) is 0 Å². The number of hydrogen-bond donors (Lipinski definition) is 1. The predicted molar refractivity (Wildman–Crippen MR) is 78.1 cm³/mol. The Balaban J connectivity index is 2.02. The monoisotopic (exact) mass is 285 g/mol. The van der Waals surface area contributed by atoms with E-state index in [-0.39, 0.29) is 12.1 Å². The number of carbonyl (C=O) groups is 1. The van der Waals surface area contributed by atoms with Gasteiger partial charge in [-0.2, -0.15) is 0 Å². The summed E-state index contributed by atoms with van der Waals surface area (Å²) in [4.78, 5) is 16.6. The van der Waals surface area contributed by atoms with Crippen molar-refractivity contribution in [3.8, 4) is 0 Å². The number of nitrogens with zero attached hydrogens (tertiary/aromatic N) is 2. The van der Waals surface area contributed by atoms with E-state index in [1.807, 2.05) is 20.8 Å². The smallest absolute Gasteiger partial charge is 0.410 e. The SMILES string of the molecule is CC(C)(C)OC(=O)N1CCN(C2CC2)CC1C(N)=S. The summed E-state index contributed by atoms with van der Waals surface area (Å²) in [5.41, 5.74) is 5.30. The van der Waals surface area contributed by atoms with E-state index in [1.54, 1.807) is 4.90 Å². The van der Waals surface area contributed by atoms with Crippen LogP contribution in [0.25, 0.3) is 0 Å². The summed E-state index contributed by atoms with van der Waals surface area (Å²) in [7, 11) is 0. The van der Waals surface area contributed by atoms with Crippen LogP contribution in [0.4, 0.5) is 4.79 Å². The molecule has 1 aliphatic carbocycles. The van der Waals surface area contributed by atoms with Gasteiger partial charge >= 0.3 is 6.09 Å². The van der Waals surface area contributed by atoms with Gasteiger partial charge in [-0.05, 0) is 33.6 Å². The molecule has 1 aliphatic heterocycles. The minimum absolute atomic E-state index is 0.209. The third kappa shape index (κ3) is 3.79. The van der Waals surface area contributed by atoms with E-state index in [2.05, 4.69) is 4.90 Å². The van der Waals surface area contributed by atoms with Crippen LogP contribution in [0.2, 0.25) is 0 Å². The van der Waals surface area contributed by atoms with E-state index in [0.717, 1.165) is 13.1 Å². The molecule has 1 saturated carbocycles. The normalized spacial score (nSPS) is 25.2. The number of amides is 1. The summed E-state index contributed by atoms with van der Waals surface area (Å²) in [5.74, 6) is 0. The van der Waals surface area contributed by atoms with Gasteiger partial charge in [0, 0.05) is 25.7 Å². The van der Waals surface area contributed by atoms with Gasteiger partial charge in [0.15, 0.2) is 0 Å². The molecule has 1 heterocycles. The molecule has 0 aromatic carbocycles. The second-order valence-corrected chi connectivity index (χ2v) is 6.79. The van der Waals surface area contributed by atoms with Gasteiger partial charge in [0.1, 0.15) is 5.60 Å². The number of rotatable bonds is 2. The number of ether oxygens (including phenoxy) is 1. The lowest BCUT2D eigenvalue weighted by molar-refractivity contribution is 0.00709. The molecule has 0 radical (unpaired) electrons. The Morgan fingerprint density at radius 2 is 1.95 bits per heavy atom. The quantitative estimate of drug-likeness (QED) is 0.776. The van der Waals surface area contributed by atoms with Crippen LogP contribution in [0.5, 0.6) is 0 Å². The molecule has 1 atom stereocenters. The molecule has 0 bridgehead atoms. The van der Waals surface area contributed by atoms with Crippen LogP contribution in [-0.4, -0.2) is 58.2 Å². The summed E-state index contributed by atoms with van der Waals surface area (Å²) >= 11 is 5.11. The Morgan fingerprint density at radius 3 is 2.42 bits per heavy atom. The van der Waals surface area contributed by atoms with Gasteiger partial charge in [0.05, 0.1) is 11.0 Å². The van der Waals surface area contributed by atoms with Crippen molar-refractivity contribution in [1.29, 1.82) is 0 Å². The number of thiocarbonyl (C=S) groups is 1. The van der Waals surface area contributed by atoms with E-state index in [0.29, 0.717) is 17.6 Å². The molecule has 1 amide bonds. The first-order valence-electron chi connectivity index (χ1n) is 6.81. The van der Waals surface area contributed by atoms with Crippen molar-refractivity contribution in [2.45, 2.75) is 51.3 Å². The van der Waals surface area contributed by atoms with Crippen molar-refractivity contribution in [2.24, 2.45) is 5.73 Å². The summed E-state index contributed by atoms with van der Waals surface area (Å²) in [6.07, 6.45) is 2.17. The maximum Gasteiger partial charge on any atom is 0.410 e. The molecule has 0 spiro atoms. The van der Waals surface area contributed by atoms with Crippen LogP contribution in [0.15, 0.2) is 0 Å². The van der Waals surface area contributed by atoms with Gasteiger partial charge in [0.2, 0.25) is 0 Å². The van der Waals surface area contributed by atoms with Crippen LogP contribution in [0.1, 0.15) is 33.6 Å². The second-order valence-electron chi connectivity index (χ2n) is 6.32. The first-order valence-corrected chi connectivity index (χ1v) is 7.22. The third-order valence-corrected chi connectivity index (χ3v) is 3.70. The highest BCUT2D eigenvalue weighted by Crippen LogP contribution is 2.29. The number of nitrogens with two attached hydrogens (primary N) is 1. The minimum Gasteiger partial charge on any atom is -0.444 e. The van der Waals surface area contributed by atoms with Gasteiger partial charge in [-0.3, -0.25) is 9.80 Å². The van der Waals surface area contributed by atoms with Gasteiger partial charge in [-0.15, -0.1) is 0 Å². The molecule has 2 fully saturated rings. The van der Waals surface area contributed by atoms with E-state index in [1.165, 1.54) is 12.8 Å². The molecule has 0 aromatic rings. The standard InChI is InChI=1S/C13H23N3O2S/c1-13(2,3)18-12(17)16-7-6-15(9-4-5-9)8-10(16)11(14)19/h9-10H,4-8H2,1-3H3,(H2,14,19). The first-order chi connectivity index (χ1) is 8.78. The highest BCUT2D eigenvalue weighted by molar-refractivity contribution is 7.80. The van der Waals surface area contributed by atoms with Crippen LogP contribution in [0.3, 0.4) is 0 Å². The lowest BCUT2D eigenvalue weighted by atomic mass is 10.1. The maximum atomic E-state index is 12.2. The Kier molecular flexibility index (Phi) is 4.01. The second kappa shape index (κ2) is 5.25. The fourth-order valence-corrected chi connectivity index (χ4v) is 2.56. The molecule has 2 N–H and O–H groups in total. The Hall–Kier alpha value is -0.880. The molecule has 0 aromatic heterocycles. The summed E-state index contributed by atoms with van der Waals surface area (Å²) in [6.45, 7) is 7.83. The average Bonchev–Trinajstić information content (AvgIpc) is 3.09. The number of carbonyl (C=O) groups excluding carboxylic acids is 1. The average molecular weight is 285 g/mol. The van der Waals surface area contributed by atoms with Crippen molar-refractivity contribution >= 4 is 23.3 Å². The van der Waals surface area contributed by atoms with Crippen LogP contribution >= 0.6 is 12.2 Å². The molecular weight excluding hydrogens is 262 g/mol. The van der Waals surface area contributed by atoms with E-state index >= 15 is 0 Å². The Morgan fingerprint density at radius 1 is 1.32 bits per heavy atom. The number of piperazine rings is 1. The minimum atomic E-state index is -0.495. The maximum absolute atomic E-state index is 12.2. The lowest BCUT2D eigenvalue weighted by Gasteiger charge is -2.41. The fourth-order valence-electron chi connectivity index (χ4n) is 2.36. The Bertz CT molecular complexity index is 377. The van der Waals surface area contributed by atoms with E-state index in [9.17, 15) is 4.79 Å². The zero-order chi connectivity index (χ0) is 14.2. The zero-order valence-corrected chi connectivity index (χ0v) is 12.7. The van der Waals surface area contributed by atoms with Crippen molar-refractivity contribution in [2.75, 3.05) is 19.6 Å². The summed E-state index contributed by atoms with van der Waals surface area (Å²) < 4.78 is 5.42. The van der Waals surface area contributed by atoms with E-state index < -0.39 is 5.60 Å². The molecule has 6 heteroatoms. The highest BCUT2D eigenvalue weighted by Gasteiger charge is 2.39. The van der Waals surface area contributed by atoms with Gasteiger partial charge < -0.3 is 10.5 Å². The van der Waals surface area contributed by atoms with Crippen molar-refractivity contribution < 1.29 is 9.53 Å². The molecule has 108 valence electrons.